The van der Waals surface area contributed by atoms with E-state index in [1.165, 1.54) is 6.20 Å². The first-order chi connectivity index (χ1) is 6.86. The van der Waals surface area contributed by atoms with Crippen molar-refractivity contribution in [2.24, 2.45) is 0 Å². The Hall–Kier alpha value is -2.10. The first-order valence-corrected chi connectivity index (χ1v) is 4.13. The topological polar surface area (TPSA) is 55.0 Å². The molecule has 2 rings (SSSR count). The van der Waals surface area contributed by atoms with Crippen LogP contribution in [0.2, 0.25) is 0 Å². The minimum atomic E-state index is -0.485. The number of esters is 1. The summed E-state index contributed by atoms with van der Waals surface area (Å²) in [6, 6.07) is 8.86. The molecule has 0 aliphatic carbocycles. The van der Waals surface area contributed by atoms with Crippen LogP contribution in [0.3, 0.4) is 0 Å². The van der Waals surface area contributed by atoms with Gasteiger partial charge in [0.2, 0.25) is 5.82 Å². The zero-order chi connectivity index (χ0) is 9.80. The summed E-state index contributed by atoms with van der Waals surface area (Å²) in [6.45, 7) is 0. The van der Waals surface area contributed by atoms with E-state index >= 15 is 0 Å². The van der Waals surface area contributed by atoms with Crippen molar-refractivity contribution in [3.05, 3.63) is 48.5 Å². The number of hydrogen-bond acceptors (Lipinski definition) is 3. The Bertz CT molecular complexity index is 409. The number of carbonyl (C=O) groups excluding carboxylic acids is 1. The van der Waals surface area contributed by atoms with Crippen LogP contribution in [-0.4, -0.2) is 15.9 Å². The maximum atomic E-state index is 11.4. The second-order valence-corrected chi connectivity index (χ2v) is 2.64. The van der Waals surface area contributed by atoms with E-state index in [9.17, 15) is 4.79 Å². The average Bonchev–Trinajstić information content (AvgIpc) is 2.72. The minimum absolute atomic E-state index is 0.203. The molecule has 70 valence electrons. The molecule has 0 unspecified atom stereocenters. The zero-order valence-electron chi connectivity index (χ0n) is 7.31. The van der Waals surface area contributed by atoms with Crippen molar-refractivity contribution in [1.82, 2.24) is 9.97 Å². The number of para-hydroxylation sites is 1. The molecule has 1 heterocycles. The molecule has 4 nitrogen and oxygen atoms in total. The van der Waals surface area contributed by atoms with Gasteiger partial charge in [0.25, 0.3) is 0 Å². The van der Waals surface area contributed by atoms with Gasteiger partial charge in [0.1, 0.15) is 5.75 Å². The molecule has 0 amide bonds. The number of hydrogen-bond donors (Lipinski definition) is 1. The van der Waals surface area contributed by atoms with E-state index in [1.807, 2.05) is 6.07 Å². The van der Waals surface area contributed by atoms with Crippen molar-refractivity contribution in [1.29, 1.82) is 0 Å². The maximum Gasteiger partial charge on any atom is 0.379 e. The van der Waals surface area contributed by atoms with Crippen LogP contribution in [0, 0.1) is 0 Å². The number of nitrogens with zero attached hydrogens (tertiary/aromatic N) is 1. The summed E-state index contributed by atoms with van der Waals surface area (Å²) >= 11 is 0. The number of aromatic amines is 1. The Morgan fingerprint density at radius 1 is 1.29 bits per heavy atom. The molecule has 0 spiro atoms. The van der Waals surface area contributed by atoms with Crippen LogP contribution in [-0.2, 0) is 0 Å². The summed E-state index contributed by atoms with van der Waals surface area (Å²) in [5.41, 5.74) is 0. The van der Waals surface area contributed by atoms with E-state index in [4.69, 9.17) is 4.74 Å². The Labute approximate surface area is 80.6 Å². The molecule has 1 aromatic heterocycles. The molecule has 14 heavy (non-hydrogen) atoms. The molecular formula is C10H8N2O2. The highest BCUT2D eigenvalue weighted by atomic mass is 16.5. The summed E-state index contributed by atoms with van der Waals surface area (Å²) in [5, 5.41) is 0. The first kappa shape index (κ1) is 8.50. The molecule has 0 radical (unpaired) electrons. The second-order valence-electron chi connectivity index (χ2n) is 2.64. The van der Waals surface area contributed by atoms with Gasteiger partial charge in [-0.3, -0.25) is 0 Å². The van der Waals surface area contributed by atoms with Crippen molar-refractivity contribution in [3.8, 4) is 5.75 Å². The van der Waals surface area contributed by atoms with E-state index in [-0.39, 0.29) is 5.82 Å². The molecule has 0 saturated heterocycles. The summed E-state index contributed by atoms with van der Waals surface area (Å²) in [4.78, 5) is 17.8. The average molecular weight is 188 g/mol. The highest BCUT2D eigenvalue weighted by Gasteiger charge is 2.09. The van der Waals surface area contributed by atoms with Gasteiger partial charge in [-0.2, -0.15) is 0 Å². The predicted octanol–water partition coefficient (Wildman–Crippen LogP) is 1.63. The fraction of sp³-hybridized carbons (Fsp3) is 0. The van der Waals surface area contributed by atoms with E-state index in [2.05, 4.69) is 9.97 Å². The van der Waals surface area contributed by atoms with Crippen molar-refractivity contribution in [2.45, 2.75) is 0 Å². The lowest BCUT2D eigenvalue weighted by atomic mass is 10.3. The fourth-order valence-corrected chi connectivity index (χ4v) is 1.02. The van der Waals surface area contributed by atoms with Crippen LogP contribution < -0.4 is 4.74 Å². The van der Waals surface area contributed by atoms with Gasteiger partial charge in [-0.1, -0.05) is 18.2 Å². The molecule has 0 aliphatic heterocycles. The van der Waals surface area contributed by atoms with Crippen molar-refractivity contribution >= 4 is 5.97 Å². The van der Waals surface area contributed by atoms with E-state index in [0.29, 0.717) is 5.75 Å². The lowest BCUT2D eigenvalue weighted by Gasteiger charge is -2.00. The van der Waals surface area contributed by atoms with Crippen molar-refractivity contribution < 1.29 is 9.53 Å². The number of benzene rings is 1. The van der Waals surface area contributed by atoms with Crippen LogP contribution in [0.25, 0.3) is 0 Å². The second kappa shape index (κ2) is 3.74. The van der Waals surface area contributed by atoms with Gasteiger partial charge < -0.3 is 9.72 Å². The van der Waals surface area contributed by atoms with Gasteiger partial charge in [-0.05, 0) is 12.1 Å². The number of aromatic nitrogens is 2. The highest BCUT2D eigenvalue weighted by molar-refractivity contribution is 5.86. The summed E-state index contributed by atoms with van der Waals surface area (Å²) < 4.78 is 5.03. The van der Waals surface area contributed by atoms with Crippen LogP contribution in [0.4, 0.5) is 0 Å². The highest BCUT2D eigenvalue weighted by Crippen LogP contribution is 2.09. The quantitative estimate of drug-likeness (QED) is 0.575. The normalized spacial score (nSPS) is 9.71. The SMILES string of the molecule is O=C(Oc1ccccc1)c1ncc[nH]1. The van der Waals surface area contributed by atoms with E-state index in [0.717, 1.165) is 0 Å². The molecule has 4 heteroatoms. The van der Waals surface area contributed by atoms with Crippen LogP contribution >= 0.6 is 0 Å². The monoisotopic (exact) mass is 188 g/mol. The molecule has 0 atom stereocenters. The molecule has 2 aromatic rings. The van der Waals surface area contributed by atoms with Gasteiger partial charge >= 0.3 is 5.97 Å². The third kappa shape index (κ3) is 1.80. The number of imidazole rings is 1. The Kier molecular flexibility index (Phi) is 2.27. The molecule has 0 saturated carbocycles. The zero-order valence-corrected chi connectivity index (χ0v) is 7.31. The van der Waals surface area contributed by atoms with Gasteiger partial charge in [-0.25, -0.2) is 9.78 Å². The first-order valence-electron chi connectivity index (χ1n) is 4.13. The smallest absolute Gasteiger partial charge is 0.379 e. The van der Waals surface area contributed by atoms with Crippen LogP contribution in [0.1, 0.15) is 10.6 Å². The predicted molar refractivity (Wildman–Crippen MR) is 50.0 cm³/mol. The Morgan fingerprint density at radius 3 is 2.71 bits per heavy atom. The molecule has 0 bridgehead atoms. The van der Waals surface area contributed by atoms with Crippen LogP contribution in [0.5, 0.6) is 5.75 Å². The minimum Gasteiger partial charge on any atom is -0.421 e. The lowest BCUT2D eigenvalue weighted by molar-refractivity contribution is 0.0723. The summed E-state index contributed by atoms with van der Waals surface area (Å²) in [6.07, 6.45) is 3.07. The van der Waals surface area contributed by atoms with Gasteiger partial charge in [-0.15, -0.1) is 0 Å². The fourth-order valence-electron chi connectivity index (χ4n) is 1.02. The lowest BCUT2D eigenvalue weighted by Crippen LogP contribution is -2.10. The molecule has 0 aliphatic rings. The number of carbonyl (C=O) groups is 1. The van der Waals surface area contributed by atoms with Crippen molar-refractivity contribution in [2.75, 3.05) is 0 Å². The number of H-pyrrole nitrogens is 1. The maximum absolute atomic E-state index is 11.4. The van der Waals surface area contributed by atoms with Gasteiger partial charge in [0.15, 0.2) is 0 Å². The largest absolute Gasteiger partial charge is 0.421 e. The third-order valence-corrected chi connectivity index (χ3v) is 1.65. The van der Waals surface area contributed by atoms with E-state index < -0.39 is 5.97 Å². The Balaban J connectivity index is 2.10. The molecular weight excluding hydrogens is 180 g/mol. The standard InChI is InChI=1S/C10H8N2O2/c13-10(9-11-6-7-12-9)14-8-4-2-1-3-5-8/h1-7H,(H,11,12). The van der Waals surface area contributed by atoms with E-state index in [1.54, 1.807) is 30.5 Å². The third-order valence-electron chi connectivity index (χ3n) is 1.65. The number of ether oxygens (including phenoxy) is 1. The van der Waals surface area contributed by atoms with Gasteiger partial charge in [0.05, 0.1) is 0 Å². The molecule has 0 fully saturated rings. The summed E-state index contributed by atoms with van der Waals surface area (Å²) in [7, 11) is 0. The Morgan fingerprint density at radius 2 is 2.07 bits per heavy atom. The number of rotatable bonds is 2. The molecule has 1 N–H and O–H groups in total. The summed E-state index contributed by atoms with van der Waals surface area (Å²) in [5.74, 6) is 0.226. The van der Waals surface area contributed by atoms with Crippen LogP contribution in [0.15, 0.2) is 42.7 Å². The van der Waals surface area contributed by atoms with Crippen molar-refractivity contribution in [3.63, 3.8) is 0 Å². The van der Waals surface area contributed by atoms with Gasteiger partial charge in [0, 0.05) is 12.4 Å². The number of nitrogens with one attached hydrogen (secondary N) is 1. The molecule has 1 aromatic carbocycles.